The van der Waals surface area contributed by atoms with Crippen LogP contribution in [0.3, 0.4) is 0 Å². The van der Waals surface area contributed by atoms with Crippen molar-refractivity contribution in [3.8, 4) is 5.75 Å². The molecule has 0 saturated carbocycles. The number of rotatable bonds is 3. The Labute approximate surface area is 86.8 Å². The molecule has 0 spiro atoms. The Bertz CT molecular complexity index is 302. The zero-order chi connectivity index (χ0) is 9.80. The maximum absolute atomic E-state index is 12.8. The van der Waals surface area contributed by atoms with E-state index in [0.29, 0.717) is 17.7 Å². The average Bonchev–Trinajstić information content (AvgIpc) is 2.67. The fraction of sp³-hybridized carbons (Fsp3) is 0.400. The summed E-state index contributed by atoms with van der Waals surface area (Å²) in [4.78, 5) is 0. The lowest BCUT2D eigenvalue weighted by atomic mass is 10.3. The molecule has 0 unspecified atom stereocenters. The van der Waals surface area contributed by atoms with Crippen LogP contribution in [-0.2, 0) is 0 Å². The van der Waals surface area contributed by atoms with Crippen molar-refractivity contribution >= 4 is 11.8 Å². The summed E-state index contributed by atoms with van der Waals surface area (Å²) in [5.74, 6) is 1.55. The van der Waals surface area contributed by atoms with Gasteiger partial charge in [0.25, 0.3) is 0 Å². The molecule has 1 atom stereocenters. The Hall–Kier alpha value is -0.740. The molecule has 0 radical (unpaired) electrons. The van der Waals surface area contributed by atoms with E-state index in [2.05, 4.69) is 5.32 Å². The Morgan fingerprint density at radius 1 is 1.57 bits per heavy atom. The van der Waals surface area contributed by atoms with Gasteiger partial charge in [-0.25, -0.2) is 4.39 Å². The van der Waals surface area contributed by atoms with E-state index in [0.717, 1.165) is 6.54 Å². The molecular weight excluding hydrogens is 201 g/mol. The van der Waals surface area contributed by atoms with Gasteiger partial charge in [0.05, 0.1) is 6.54 Å². The molecule has 1 aliphatic heterocycles. The fourth-order valence-electron chi connectivity index (χ4n) is 1.39. The normalized spacial score (nSPS) is 21.1. The highest BCUT2D eigenvalue weighted by molar-refractivity contribution is 7.99. The molecule has 0 amide bonds. The van der Waals surface area contributed by atoms with Crippen LogP contribution in [0.15, 0.2) is 24.3 Å². The largest absolute Gasteiger partial charge is 0.486 e. The maximum Gasteiger partial charge on any atom is 0.167 e. The zero-order valence-electron chi connectivity index (χ0n) is 7.78. The third-order valence-corrected chi connectivity index (χ3v) is 3.32. The van der Waals surface area contributed by atoms with Crippen LogP contribution >= 0.6 is 11.8 Å². The Morgan fingerprint density at radius 2 is 2.50 bits per heavy atom. The van der Waals surface area contributed by atoms with Crippen molar-refractivity contribution in [1.29, 1.82) is 0 Å². The first-order valence-corrected chi connectivity index (χ1v) is 5.73. The number of nitrogens with two attached hydrogens (primary N) is 1. The summed E-state index contributed by atoms with van der Waals surface area (Å²) < 4.78 is 18.3. The van der Waals surface area contributed by atoms with Gasteiger partial charge in [-0.05, 0) is 12.1 Å². The first-order valence-electron chi connectivity index (χ1n) is 4.68. The first kappa shape index (κ1) is 9.80. The summed E-state index contributed by atoms with van der Waals surface area (Å²) in [7, 11) is 0. The van der Waals surface area contributed by atoms with Gasteiger partial charge in [-0.2, -0.15) is 0 Å². The molecule has 0 aromatic heterocycles. The molecule has 0 bridgehead atoms. The molecule has 2 nitrogen and oxygen atoms in total. The summed E-state index contributed by atoms with van der Waals surface area (Å²) in [5, 5.41) is 2.72. The van der Waals surface area contributed by atoms with E-state index in [4.69, 9.17) is 4.74 Å². The number of ether oxygens (including phenoxy) is 1. The van der Waals surface area contributed by atoms with Crippen LogP contribution in [-0.4, -0.2) is 24.3 Å². The molecule has 1 aromatic carbocycles. The zero-order valence-corrected chi connectivity index (χ0v) is 8.60. The molecule has 1 aliphatic rings. The third kappa shape index (κ3) is 2.62. The van der Waals surface area contributed by atoms with Crippen molar-refractivity contribution in [3.05, 3.63) is 30.1 Å². The van der Waals surface area contributed by atoms with Crippen molar-refractivity contribution < 1.29 is 14.4 Å². The van der Waals surface area contributed by atoms with E-state index in [9.17, 15) is 4.39 Å². The Kier molecular flexibility index (Phi) is 3.26. The van der Waals surface area contributed by atoms with Crippen molar-refractivity contribution in [2.45, 2.75) is 5.37 Å². The molecule has 1 aromatic rings. The lowest BCUT2D eigenvalue weighted by molar-refractivity contribution is -0.658. The minimum absolute atomic E-state index is 0.245. The quantitative estimate of drug-likeness (QED) is 0.807. The van der Waals surface area contributed by atoms with Gasteiger partial charge >= 0.3 is 0 Å². The van der Waals surface area contributed by atoms with Crippen molar-refractivity contribution in [1.82, 2.24) is 0 Å². The number of thioether (sulfide) groups is 1. The van der Waals surface area contributed by atoms with Crippen LogP contribution in [0.25, 0.3) is 0 Å². The number of hydrogen-bond acceptors (Lipinski definition) is 2. The standard InChI is InChI=1S/C10H12FNOS/c11-8-2-1-3-9(6-8)13-7-10-12-4-5-14-10/h1-3,6,10,12H,4-5,7H2/p+1/t10-/m0/s1. The van der Waals surface area contributed by atoms with Crippen molar-refractivity contribution in [2.75, 3.05) is 18.9 Å². The van der Waals surface area contributed by atoms with E-state index < -0.39 is 0 Å². The molecular formula is C10H13FNOS+. The summed E-state index contributed by atoms with van der Waals surface area (Å²) in [6.07, 6.45) is 0. The minimum Gasteiger partial charge on any atom is -0.486 e. The molecule has 0 aliphatic carbocycles. The predicted octanol–water partition coefficient (Wildman–Crippen LogP) is 0.841. The van der Waals surface area contributed by atoms with Crippen LogP contribution in [0.1, 0.15) is 0 Å². The van der Waals surface area contributed by atoms with Crippen LogP contribution < -0.4 is 10.1 Å². The third-order valence-electron chi connectivity index (χ3n) is 2.09. The monoisotopic (exact) mass is 214 g/mol. The van der Waals surface area contributed by atoms with E-state index in [1.807, 2.05) is 11.8 Å². The highest BCUT2D eigenvalue weighted by atomic mass is 32.2. The van der Waals surface area contributed by atoms with Gasteiger partial charge in [-0.3, -0.25) is 0 Å². The van der Waals surface area contributed by atoms with Gasteiger partial charge in [0.1, 0.15) is 18.2 Å². The van der Waals surface area contributed by atoms with Gasteiger partial charge in [0, 0.05) is 11.8 Å². The minimum atomic E-state index is -0.245. The maximum atomic E-state index is 12.8. The van der Waals surface area contributed by atoms with Crippen LogP contribution in [0.4, 0.5) is 4.39 Å². The molecule has 14 heavy (non-hydrogen) atoms. The number of benzene rings is 1. The molecule has 1 fully saturated rings. The molecule has 76 valence electrons. The Morgan fingerprint density at radius 3 is 3.21 bits per heavy atom. The first-order chi connectivity index (χ1) is 6.84. The second-order valence-electron chi connectivity index (χ2n) is 3.20. The second-order valence-corrected chi connectivity index (χ2v) is 4.55. The van der Waals surface area contributed by atoms with Crippen LogP contribution in [0.2, 0.25) is 0 Å². The second kappa shape index (κ2) is 4.66. The molecule has 1 saturated heterocycles. The van der Waals surface area contributed by atoms with E-state index in [1.54, 1.807) is 12.1 Å². The van der Waals surface area contributed by atoms with E-state index in [-0.39, 0.29) is 5.82 Å². The smallest absolute Gasteiger partial charge is 0.167 e. The van der Waals surface area contributed by atoms with Gasteiger partial charge in [-0.15, -0.1) is 0 Å². The number of quaternary nitrogens is 1. The SMILES string of the molecule is Fc1cccc(OC[C@H]2[NH2+]CCS2)c1. The lowest BCUT2D eigenvalue weighted by Crippen LogP contribution is -2.87. The molecule has 2 rings (SSSR count). The molecule has 1 heterocycles. The Balaban J connectivity index is 1.85. The van der Waals surface area contributed by atoms with Crippen LogP contribution in [0.5, 0.6) is 5.75 Å². The summed E-state index contributed by atoms with van der Waals surface area (Å²) >= 11 is 1.89. The molecule has 4 heteroatoms. The van der Waals surface area contributed by atoms with Gasteiger partial charge in [0.2, 0.25) is 0 Å². The van der Waals surface area contributed by atoms with Crippen molar-refractivity contribution in [3.63, 3.8) is 0 Å². The van der Waals surface area contributed by atoms with Gasteiger partial charge in [0.15, 0.2) is 5.37 Å². The van der Waals surface area contributed by atoms with Crippen molar-refractivity contribution in [2.24, 2.45) is 0 Å². The topological polar surface area (TPSA) is 25.8 Å². The highest BCUT2D eigenvalue weighted by Crippen LogP contribution is 2.14. The lowest BCUT2D eigenvalue weighted by Gasteiger charge is -2.08. The molecule has 2 N–H and O–H groups in total. The number of hydrogen-bond donors (Lipinski definition) is 1. The fourth-order valence-corrected chi connectivity index (χ4v) is 2.40. The summed E-state index contributed by atoms with van der Waals surface area (Å²) in [6, 6.07) is 6.28. The average molecular weight is 214 g/mol. The number of halogens is 1. The predicted molar refractivity (Wildman–Crippen MR) is 54.9 cm³/mol. The van der Waals surface area contributed by atoms with E-state index >= 15 is 0 Å². The highest BCUT2D eigenvalue weighted by Gasteiger charge is 2.19. The van der Waals surface area contributed by atoms with Gasteiger partial charge < -0.3 is 10.1 Å². The summed E-state index contributed by atoms with van der Waals surface area (Å²) in [6.45, 7) is 1.80. The van der Waals surface area contributed by atoms with Gasteiger partial charge in [-0.1, -0.05) is 17.8 Å². The van der Waals surface area contributed by atoms with E-state index in [1.165, 1.54) is 17.9 Å². The summed E-state index contributed by atoms with van der Waals surface area (Å²) in [5.41, 5.74) is 0. The van der Waals surface area contributed by atoms with Crippen LogP contribution in [0, 0.1) is 5.82 Å².